The van der Waals surface area contributed by atoms with Gasteiger partial charge in [-0.3, -0.25) is 4.79 Å². The first kappa shape index (κ1) is 17.6. The fourth-order valence-corrected chi connectivity index (χ4v) is 2.92. The molecular formula is C24H19NO3. The molecule has 0 saturated heterocycles. The first-order valence-electron chi connectivity index (χ1n) is 8.96. The average molecular weight is 369 g/mol. The van der Waals surface area contributed by atoms with Crippen LogP contribution >= 0.6 is 0 Å². The number of benzene rings is 4. The molecule has 1 amide bonds. The number of hydrogen-bond donors (Lipinski definition) is 1. The molecule has 0 unspecified atom stereocenters. The van der Waals surface area contributed by atoms with Gasteiger partial charge in [0.2, 0.25) is 5.91 Å². The van der Waals surface area contributed by atoms with Crippen LogP contribution in [-0.4, -0.2) is 5.91 Å². The number of carbonyl (C=O) groups excluding carboxylic acids is 1. The van der Waals surface area contributed by atoms with Gasteiger partial charge in [0.1, 0.15) is 23.9 Å². The van der Waals surface area contributed by atoms with Gasteiger partial charge in [0.05, 0.1) is 0 Å². The van der Waals surface area contributed by atoms with Crippen LogP contribution in [0, 0.1) is 0 Å². The lowest BCUT2D eigenvalue weighted by atomic mass is 10.1. The summed E-state index contributed by atoms with van der Waals surface area (Å²) in [7, 11) is 0. The van der Waals surface area contributed by atoms with Crippen LogP contribution < -0.4 is 15.2 Å². The Labute approximate surface area is 163 Å². The highest BCUT2D eigenvalue weighted by Crippen LogP contribution is 2.28. The second-order valence-electron chi connectivity index (χ2n) is 6.44. The van der Waals surface area contributed by atoms with Crippen LogP contribution in [0.1, 0.15) is 15.9 Å². The van der Waals surface area contributed by atoms with Crippen molar-refractivity contribution in [3.05, 3.63) is 102 Å². The van der Waals surface area contributed by atoms with Crippen LogP contribution in [0.15, 0.2) is 91.0 Å². The van der Waals surface area contributed by atoms with Gasteiger partial charge in [-0.05, 0) is 64.9 Å². The summed E-state index contributed by atoms with van der Waals surface area (Å²) in [6.45, 7) is 0.537. The van der Waals surface area contributed by atoms with E-state index in [9.17, 15) is 4.79 Å². The average Bonchev–Trinajstić information content (AvgIpc) is 2.73. The van der Waals surface area contributed by atoms with E-state index in [1.165, 1.54) is 0 Å². The summed E-state index contributed by atoms with van der Waals surface area (Å²) in [5.41, 5.74) is 6.84. The smallest absolute Gasteiger partial charge is 0.248 e. The quantitative estimate of drug-likeness (QED) is 0.501. The van der Waals surface area contributed by atoms with Crippen LogP contribution in [0.3, 0.4) is 0 Å². The van der Waals surface area contributed by atoms with Gasteiger partial charge in [-0.2, -0.15) is 0 Å². The first-order chi connectivity index (χ1) is 13.7. The zero-order valence-electron chi connectivity index (χ0n) is 15.2. The number of primary amides is 1. The Morgan fingerprint density at radius 2 is 1.32 bits per heavy atom. The zero-order valence-corrected chi connectivity index (χ0v) is 15.2. The van der Waals surface area contributed by atoms with Crippen molar-refractivity contribution in [2.75, 3.05) is 0 Å². The highest BCUT2D eigenvalue weighted by molar-refractivity contribution is 5.92. The molecule has 0 aliphatic rings. The summed E-state index contributed by atoms with van der Waals surface area (Å²) < 4.78 is 11.8. The van der Waals surface area contributed by atoms with E-state index >= 15 is 0 Å². The van der Waals surface area contributed by atoms with E-state index in [-0.39, 0.29) is 0 Å². The molecule has 4 nitrogen and oxygen atoms in total. The fourth-order valence-electron chi connectivity index (χ4n) is 2.92. The second-order valence-corrected chi connectivity index (χ2v) is 6.44. The SMILES string of the molecule is NC(=O)c1ccc(Oc2ccc3cc(OCc4ccccc4)ccc3c2)cc1. The van der Waals surface area contributed by atoms with Gasteiger partial charge in [0.15, 0.2) is 0 Å². The third-order valence-electron chi connectivity index (χ3n) is 4.41. The highest BCUT2D eigenvalue weighted by atomic mass is 16.5. The van der Waals surface area contributed by atoms with Crippen molar-refractivity contribution in [3.63, 3.8) is 0 Å². The van der Waals surface area contributed by atoms with Crippen LogP contribution in [0.2, 0.25) is 0 Å². The fraction of sp³-hybridized carbons (Fsp3) is 0.0417. The van der Waals surface area contributed by atoms with E-state index in [0.717, 1.165) is 27.8 Å². The van der Waals surface area contributed by atoms with Crippen molar-refractivity contribution in [1.29, 1.82) is 0 Å². The summed E-state index contributed by atoms with van der Waals surface area (Å²) in [5, 5.41) is 2.13. The molecule has 0 atom stereocenters. The third kappa shape index (κ3) is 4.13. The molecule has 138 valence electrons. The Morgan fingerprint density at radius 1 is 0.714 bits per heavy atom. The lowest BCUT2D eigenvalue weighted by Crippen LogP contribution is -2.10. The zero-order chi connectivity index (χ0) is 19.3. The number of ether oxygens (including phenoxy) is 2. The number of amides is 1. The van der Waals surface area contributed by atoms with Gasteiger partial charge in [0.25, 0.3) is 0 Å². The number of carbonyl (C=O) groups is 1. The van der Waals surface area contributed by atoms with Crippen molar-refractivity contribution < 1.29 is 14.3 Å². The van der Waals surface area contributed by atoms with Crippen molar-refractivity contribution in [3.8, 4) is 17.2 Å². The molecule has 0 bridgehead atoms. The van der Waals surface area contributed by atoms with E-state index in [1.807, 2.05) is 66.7 Å². The van der Waals surface area contributed by atoms with Crippen molar-refractivity contribution in [2.24, 2.45) is 5.73 Å². The molecule has 0 aliphatic carbocycles. The highest BCUT2D eigenvalue weighted by Gasteiger charge is 2.04. The van der Waals surface area contributed by atoms with Crippen LogP contribution in [0.4, 0.5) is 0 Å². The standard InChI is InChI=1S/C24H19NO3/c25-24(26)18-6-10-21(11-7-18)28-23-13-9-19-14-22(12-8-20(19)15-23)27-16-17-4-2-1-3-5-17/h1-15H,16H2,(H2,25,26). The molecule has 0 aliphatic heterocycles. The lowest BCUT2D eigenvalue weighted by molar-refractivity contribution is 0.100. The molecule has 28 heavy (non-hydrogen) atoms. The molecule has 4 aromatic carbocycles. The van der Waals surface area contributed by atoms with E-state index in [4.69, 9.17) is 15.2 Å². The van der Waals surface area contributed by atoms with Crippen LogP contribution in [0.25, 0.3) is 10.8 Å². The predicted molar refractivity (Wildman–Crippen MR) is 110 cm³/mol. The molecule has 0 spiro atoms. The Morgan fingerprint density at radius 3 is 2.00 bits per heavy atom. The summed E-state index contributed by atoms with van der Waals surface area (Å²) in [4.78, 5) is 11.1. The molecule has 0 fully saturated rings. The lowest BCUT2D eigenvalue weighted by Gasteiger charge is -2.10. The normalized spacial score (nSPS) is 10.6. The maximum Gasteiger partial charge on any atom is 0.248 e. The molecule has 4 aromatic rings. The van der Waals surface area contributed by atoms with E-state index in [1.54, 1.807) is 24.3 Å². The Balaban J connectivity index is 1.47. The Hall–Kier alpha value is -3.79. The molecule has 0 radical (unpaired) electrons. The monoisotopic (exact) mass is 369 g/mol. The van der Waals surface area contributed by atoms with Crippen LogP contribution in [0.5, 0.6) is 17.2 Å². The Kier molecular flexibility index (Phi) is 4.93. The molecule has 4 heteroatoms. The van der Waals surface area contributed by atoms with E-state index < -0.39 is 5.91 Å². The third-order valence-corrected chi connectivity index (χ3v) is 4.41. The minimum Gasteiger partial charge on any atom is -0.489 e. The minimum atomic E-state index is -0.456. The van der Waals surface area contributed by atoms with E-state index in [2.05, 4.69) is 0 Å². The van der Waals surface area contributed by atoms with Gasteiger partial charge in [0, 0.05) is 5.56 Å². The van der Waals surface area contributed by atoms with Gasteiger partial charge in [-0.1, -0.05) is 42.5 Å². The molecule has 0 aromatic heterocycles. The molecule has 0 heterocycles. The number of nitrogens with two attached hydrogens (primary N) is 1. The van der Waals surface area contributed by atoms with Gasteiger partial charge in [-0.25, -0.2) is 0 Å². The van der Waals surface area contributed by atoms with Crippen molar-refractivity contribution >= 4 is 16.7 Å². The molecule has 2 N–H and O–H groups in total. The molecule has 4 rings (SSSR count). The first-order valence-corrected chi connectivity index (χ1v) is 8.96. The minimum absolute atomic E-state index is 0.453. The summed E-state index contributed by atoms with van der Waals surface area (Å²) >= 11 is 0. The van der Waals surface area contributed by atoms with Gasteiger partial charge < -0.3 is 15.2 Å². The number of hydrogen-bond acceptors (Lipinski definition) is 3. The summed E-state index contributed by atoms with van der Waals surface area (Å²) in [6.07, 6.45) is 0. The maximum atomic E-state index is 11.1. The van der Waals surface area contributed by atoms with Gasteiger partial charge >= 0.3 is 0 Å². The second kappa shape index (κ2) is 7.84. The largest absolute Gasteiger partial charge is 0.489 e. The number of rotatable bonds is 6. The topological polar surface area (TPSA) is 61.6 Å². The van der Waals surface area contributed by atoms with Crippen LogP contribution in [-0.2, 0) is 6.61 Å². The van der Waals surface area contributed by atoms with Crippen molar-refractivity contribution in [1.82, 2.24) is 0 Å². The predicted octanol–water partition coefficient (Wildman–Crippen LogP) is 5.31. The van der Waals surface area contributed by atoms with Gasteiger partial charge in [-0.15, -0.1) is 0 Å². The number of fused-ring (bicyclic) bond motifs is 1. The van der Waals surface area contributed by atoms with E-state index in [0.29, 0.717) is 17.9 Å². The summed E-state index contributed by atoms with van der Waals surface area (Å²) in [6, 6.07) is 28.7. The molecule has 0 saturated carbocycles. The Bertz CT molecular complexity index is 1110. The maximum absolute atomic E-state index is 11.1. The summed E-state index contributed by atoms with van der Waals surface area (Å²) in [5.74, 6) is 1.74. The van der Waals surface area contributed by atoms with Crippen molar-refractivity contribution in [2.45, 2.75) is 6.61 Å². The molecular weight excluding hydrogens is 350 g/mol.